The molecule has 0 aliphatic carbocycles. The number of carbonyl (C=O) groups excluding carboxylic acids is 1. The number of ketones is 1. The molecule has 1 aromatic rings. The van der Waals surface area contributed by atoms with Gasteiger partial charge in [-0.05, 0) is 17.7 Å². The standard InChI is InChI=1S/C15H15ClO2/c1-4-12-9-13(17)15(2,3)14(18-12)10-5-7-11(16)8-6-10/h1,5-8,12,14H,9H2,2-3H3/t12-,14+/m0/s1. The number of carbonyl (C=O) groups is 1. The lowest BCUT2D eigenvalue weighted by molar-refractivity contribution is -0.154. The quantitative estimate of drug-likeness (QED) is 0.725. The summed E-state index contributed by atoms with van der Waals surface area (Å²) in [6.45, 7) is 3.78. The van der Waals surface area contributed by atoms with Crippen molar-refractivity contribution in [2.24, 2.45) is 5.41 Å². The van der Waals surface area contributed by atoms with E-state index in [-0.39, 0.29) is 18.3 Å². The lowest BCUT2D eigenvalue weighted by atomic mass is 9.75. The van der Waals surface area contributed by atoms with Gasteiger partial charge in [-0.3, -0.25) is 4.79 Å². The highest BCUT2D eigenvalue weighted by atomic mass is 35.5. The molecule has 1 saturated heterocycles. The molecule has 0 N–H and O–H groups in total. The molecule has 94 valence electrons. The number of benzene rings is 1. The van der Waals surface area contributed by atoms with E-state index in [1.807, 2.05) is 26.0 Å². The highest BCUT2D eigenvalue weighted by Crippen LogP contribution is 2.43. The first-order chi connectivity index (χ1) is 8.45. The summed E-state index contributed by atoms with van der Waals surface area (Å²) >= 11 is 5.87. The van der Waals surface area contributed by atoms with E-state index in [1.54, 1.807) is 12.1 Å². The Labute approximate surface area is 112 Å². The first-order valence-corrected chi connectivity index (χ1v) is 6.23. The lowest BCUT2D eigenvalue weighted by Crippen LogP contribution is -2.42. The molecular weight excluding hydrogens is 248 g/mol. The van der Waals surface area contributed by atoms with Crippen molar-refractivity contribution in [1.29, 1.82) is 0 Å². The Hall–Kier alpha value is -1.30. The average Bonchev–Trinajstić information content (AvgIpc) is 2.34. The van der Waals surface area contributed by atoms with E-state index in [4.69, 9.17) is 22.8 Å². The van der Waals surface area contributed by atoms with Crippen LogP contribution in [0.5, 0.6) is 0 Å². The summed E-state index contributed by atoms with van der Waals surface area (Å²) in [5, 5.41) is 0.659. The molecule has 3 heteroatoms. The molecule has 1 aromatic carbocycles. The fourth-order valence-electron chi connectivity index (χ4n) is 2.19. The fourth-order valence-corrected chi connectivity index (χ4v) is 2.32. The molecule has 0 saturated carbocycles. The predicted molar refractivity (Wildman–Crippen MR) is 71.3 cm³/mol. The van der Waals surface area contributed by atoms with Gasteiger partial charge in [-0.2, -0.15) is 0 Å². The minimum Gasteiger partial charge on any atom is -0.356 e. The number of hydrogen-bond acceptors (Lipinski definition) is 2. The van der Waals surface area contributed by atoms with Crippen LogP contribution in [-0.4, -0.2) is 11.9 Å². The van der Waals surface area contributed by atoms with E-state index in [1.165, 1.54) is 0 Å². The zero-order valence-electron chi connectivity index (χ0n) is 10.4. The van der Waals surface area contributed by atoms with Crippen LogP contribution in [0.2, 0.25) is 5.02 Å². The van der Waals surface area contributed by atoms with E-state index >= 15 is 0 Å². The van der Waals surface area contributed by atoms with E-state index in [2.05, 4.69) is 5.92 Å². The molecule has 0 radical (unpaired) electrons. The summed E-state index contributed by atoms with van der Waals surface area (Å²) in [6, 6.07) is 7.34. The van der Waals surface area contributed by atoms with Gasteiger partial charge in [-0.15, -0.1) is 6.42 Å². The summed E-state index contributed by atoms with van der Waals surface area (Å²) in [6.07, 6.45) is 4.89. The molecule has 0 bridgehead atoms. The van der Waals surface area contributed by atoms with E-state index in [0.29, 0.717) is 5.02 Å². The van der Waals surface area contributed by atoms with Gasteiger partial charge in [0.2, 0.25) is 0 Å². The van der Waals surface area contributed by atoms with Gasteiger partial charge in [0, 0.05) is 11.4 Å². The van der Waals surface area contributed by atoms with Gasteiger partial charge in [0.1, 0.15) is 11.9 Å². The van der Waals surface area contributed by atoms with Crippen LogP contribution in [-0.2, 0) is 9.53 Å². The third-order valence-corrected chi connectivity index (χ3v) is 3.66. The second-order valence-corrected chi connectivity index (χ2v) is 5.51. The average molecular weight is 263 g/mol. The Morgan fingerprint density at radius 1 is 1.39 bits per heavy atom. The van der Waals surface area contributed by atoms with Crippen LogP contribution in [0.1, 0.15) is 31.9 Å². The van der Waals surface area contributed by atoms with Crippen molar-refractivity contribution in [2.75, 3.05) is 0 Å². The van der Waals surface area contributed by atoms with E-state index in [9.17, 15) is 4.79 Å². The van der Waals surface area contributed by atoms with Crippen molar-refractivity contribution < 1.29 is 9.53 Å². The summed E-state index contributed by atoms with van der Waals surface area (Å²) in [5.41, 5.74) is 0.360. The molecule has 1 fully saturated rings. The monoisotopic (exact) mass is 262 g/mol. The topological polar surface area (TPSA) is 26.3 Å². The van der Waals surface area contributed by atoms with Crippen molar-refractivity contribution in [3.63, 3.8) is 0 Å². The molecule has 0 spiro atoms. The van der Waals surface area contributed by atoms with Crippen LogP contribution < -0.4 is 0 Å². The highest BCUT2D eigenvalue weighted by molar-refractivity contribution is 6.30. The molecule has 2 nitrogen and oxygen atoms in total. The summed E-state index contributed by atoms with van der Waals surface area (Å²) in [4.78, 5) is 12.1. The first kappa shape index (κ1) is 13.1. The lowest BCUT2D eigenvalue weighted by Gasteiger charge is -2.39. The Balaban J connectivity index is 2.37. The molecule has 1 aliphatic heterocycles. The second kappa shape index (κ2) is 4.76. The number of ether oxygens (including phenoxy) is 1. The van der Waals surface area contributed by atoms with Gasteiger partial charge < -0.3 is 4.74 Å². The van der Waals surface area contributed by atoms with Crippen LogP contribution >= 0.6 is 11.6 Å². The zero-order chi connectivity index (χ0) is 13.3. The molecule has 2 atom stereocenters. The number of Topliss-reactive ketones (excluding diaryl/α,β-unsaturated/α-hetero) is 1. The van der Waals surface area contributed by atoms with Crippen LogP contribution in [0.25, 0.3) is 0 Å². The smallest absolute Gasteiger partial charge is 0.145 e. The van der Waals surface area contributed by atoms with Crippen molar-refractivity contribution in [3.8, 4) is 12.3 Å². The van der Waals surface area contributed by atoms with Crippen LogP contribution in [0, 0.1) is 17.8 Å². The van der Waals surface area contributed by atoms with Crippen molar-refractivity contribution in [1.82, 2.24) is 0 Å². The van der Waals surface area contributed by atoms with Crippen molar-refractivity contribution in [2.45, 2.75) is 32.5 Å². The van der Waals surface area contributed by atoms with Gasteiger partial charge in [0.25, 0.3) is 0 Å². The molecule has 2 rings (SSSR count). The molecule has 0 amide bonds. The normalized spacial score (nSPS) is 26.7. The number of hydrogen-bond donors (Lipinski definition) is 0. The Morgan fingerprint density at radius 2 is 2.00 bits per heavy atom. The second-order valence-electron chi connectivity index (χ2n) is 5.07. The van der Waals surface area contributed by atoms with Crippen LogP contribution in [0.15, 0.2) is 24.3 Å². The number of terminal acetylenes is 1. The number of halogens is 1. The maximum absolute atomic E-state index is 12.1. The fraction of sp³-hybridized carbons (Fsp3) is 0.400. The predicted octanol–water partition coefficient (Wildman–Crippen LogP) is 3.40. The molecular formula is C15H15ClO2. The maximum atomic E-state index is 12.1. The highest BCUT2D eigenvalue weighted by Gasteiger charge is 2.44. The minimum atomic E-state index is -0.568. The minimum absolute atomic E-state index is 0.136. The van der Waals surface area contributed by atoms with Crippen molar-refractivity contribution in [3.05, 3.63) is 34.9 Å². The molecule has 1 aliphatic rings. The Kier molecular flexibility index (Phi) is 3.47. The van der Waals surface area contributed by atoms with Gasteiger partial charge in [0.05, 0.1) is 11.5 Å². The summed E-state index contributed by atoms with van der Waals surface area (Å²) in [5.74, 6) is 2.65. The largest absolute Gasteiger partial charge is 0.356 e. The van der Waals surface area contributed by atoms with Gasteiger partial charge in [-0.1, -0.05) is 43.5 Å². The molecule has 0 unspecified atom stereocenters. The van der Waals surface area contributed by atoms with Gasteiger partial charge >= 0.3 is 0 Å². The third kappa shape index (κ3) is 2.29. The van der Waals surface area contributed by atoms with Gasteiger partial charge in [-0.25, -0.2) is 0 Å². The number of rotatable bonds is 1. The first-order valence-electron chi connectivity index (χ1n) is 5.85. The van der Waals surface area contributed by atoms with Crippen LogP contribution in [0.4, 0.5) is 0 Å². The van der Waals surface area contributed by atoms with E-state index in [0.717, 1.165) is 5.56 Å². The zero-order valence-corrected chi connectivity index (χ0v) is 11.2. The maximum Gasteiger partial charge on any atom is 0.145 e. The summed E-state index contributed by atoms with van der Waals surface area (Å²) < 4.78 is 5.85. The SMILES string of the molecule is C#C[C@H]1CC(=O)C(C)(C)[C@@H](c2ccc(Cl)cc2)O1. The molecule has 1 heterocycles. The van der Waals surface area contributed by atoms with E-state index < -0.39 is 11.5 Å². The molecule has 18 heavy (non-hydrogen) atoms. The summed E-state index contributed by atoms with van der Waals surface area (Å²) in [7, 11) is 0. The van der Waals surface area contributed by atoms with Gasteiger partial charge in [0.15, 0.2) is 0 Å². The Morgan fingerprint density at radius 3 is 2.56 bits per heavy atom. The third-order valence-electron chi connectivity index (χ3n) is 3.40. The Bertz CT molecular complexity index is 496. The molecule has 0 aromatic heterocycles. The van der Waals surface area contributed by atoms with Crippen LogP contribution in [0.3, 0.4) is 0 Å². The van der Waals surface area contributed by atoms with Crippen molar-refractivity contribution >= 4 is 17.4 Å².